The Labute approximate surface area is 312 Å². The molecule has 246 valence electrons. The molecule has 8 aromatic carbocycles. The van der Waals surface area contributed by atoms with Gasteiger partial charge in [-0.1, -0.05) is 206 Å². The third kappa shape index (κ3) is 4.92. The van der Waals surface area contributed by atoms with Gasteiger partial charge in [0.2, 0.25) is 0 Å². The standard InChI is InChI=1S/C52H34Si/c1-5-17-37(18-6-1)39-29-33-43(34-30-39)51-49(41-21-9-3-10-22-41)50(42-23-11-4-12-24-42)52(44-35-31-40(32-36-44)38-19-7-2-8-20-38)53(51)47-27-15-13-25-45(47)46-26-14-16-28-48(46)53/h1-11,13-23,25-36H. The van der Waals surface area contributed by atoms with Crippen molar-refractivity contribution in [2.24, 2.45) is 0 Å². The summed E-state index contributed by atoms with van der Waals surface area (Å²) in [7, 11) is -3.01. The van der Waals surface area contributed by atoms with E-state index < -0.39 is 8.07 Å². The van der Waals surface area contributed by atoms with Crippen LogP contribution in [0.1, 0.15) is 22.3 Å². The van der Waals surface area contributed by atoms with Crippen molar-refractivity contribution in [2.45, 2.75) is 0 Å². The van der Waals surface area contributed by atoms with Crippen molar-refractivity contribution in [1.82, 2.24) is 0 Å². The largest absolute Gasteiger partial charge is 0.183 e. The smallest absolute Gasteiger partial charge is 0.0696 e. The molecule has 0 saturated heterocycles. The minimum absolute atomic E-state index is 1.07. The lowest BCUT2D eigenvalue weighted by atomic mass is 9.89. The Bertz CT molecular complexity index is 2460. The molecular formula is C52H34Si. The quantitative estimate of drug-likeness (QED) is 0.153. The first kappa shape index (κ1) is 31.0. The van der Waals surface area contributed by atoms with Gasteiger partial charge in [0.25, 0.3) is 0 Å². The molecule has 0 N–H and O–H groups in total. The Kier molecular flexibility index (Phi) is 7.50. The Morgan fingerprint density at radius 3 is 1.17 bits per heavy atom. The lowest BCUT2D eigenvalue weighted by Crippen LogP contribution is -2.56. The Balaban J connectivity index is 1.35. The van der Waals surface area contributed by atoms with Gasteiger partial charge in [0, 0.05) is 5.56 Å². The zero-order valence-corrected chi connectivity index (χ0v) is 30.1. The summed E-state index contributed by atoms with van der Waals surface area (Å²) in [5, 5.41) is 5.71. The van der Waals surface area contributed by atoms with Gasteiger partial charge in [0.05, 0.1) is 0 Å². The maximum absolute atomic E-state index is 3.61. The lowest BCUT2D eigenvalue weighted by molar-refractivity contribution is 1.58. The van der Waals surface area contributed by atoms with Crippen molar-refractivity contribution in [1.29, 1.82) is 0 Å². The SMILES string of the molecule is c1cccc(C2=C(c3ccc(-c4ccccc4)cc3)[Si]3(C(c4ccc(-c5ccccc5)cc4)=C2c2ccccc2)c2ccccc2-c2ccccc23)c#1. The van der Waals surface area contributed by atoms with Crippen molar-refractivity contribution in [3.05, 3.63) is 241 Å². The van der Waals surface area contributed by atoms with Crippen molar-refractivity contribution in [3.63, 3.8) is 0 Å². The molecule has 0 nitrogen and oxygen atoms in total. The van der Waals surface area contributed by atoms with Crippen LogP contribution < -0.4 is 10.4 Å². The molecule has 1 spiro atoms. The first-order valence-corrected chi connectivity index (χ1v) is 20.3. The van der Waals surface area contributed by atoms with Crippen LogP contribution in [0.4, 0.5) is 0 Å². The molecule has 0 atom stereocenters. The molecule has 0 bridgehead atoms. The summed E-state index contributed by atoms with van der Waals surface area (Å²) in [6.45, 7) is 0. The molecule has 0 amide bonds. The van der Waals surface area contributed by atoms with E-state index in [0.717, 1.165) is 5.56 Å². The molecule has 0 radical (unpaired) electrons. The van der Waals surface area contributed by atoms with Gasteiger partial charge >= 0.3 is 0 Å². The van der Waals surface area contributed by atoms with E-state index in [0.29, 0.717) is 0 Å². The van der Waals surface area contributed by atoms with Crippen LogP contribution in [0, 0.1) is 12.1 Å². The lowest BCUT2D eigenvalue weighted by Gasteiger charge is -2.33. The van der Waals surface area contributed by atoms with E-state index >= 15 is 0 Å². The normalized spacial score (nSPS) is 13.9. The Hall–Kier alpha value is -6.72. The van der Waals surface area contributed by atoms with Crippen LogP contribution in [-0.4, -0.2) is 8.07 Å². The summed E-state index contributed by atoms with van der Waals surface area (Å²) in [6.07, 6.45) is 0. The molecule has 2 heterocycles. The van der Waals surface area contributed by atoms with Crippen LogP contribution in [0.15, 0.2) is 206 Å². The second kappa shape index (κ2) is 12.8. The predicted molar refractivity (Wildman–Crippen MR) is 225 cm³/mol. The number of allylic oxidation sites excluding steroid dienone is 2. The van der Waals surface area contributed by atoms with E-state index in [9.17, 15) is 0 Å². The molecule has 0 aromatic heterocycles. The molecule has 2 aliphatic rings. The first-order valence-electron chi connectivity index (χ1n) is 18.3. The van der Waals surface area contributed by atoms with E-state index in [1.807, 2.05) is 6.07 Å². The molecule has 8 aromatic rings. The van der Waals surface area contributed by atoms with E-state index in [1.54, 1.807) is 0 Å². The second-order valence-electron chi connectivity index (χ2n) is 13.8. The molecular weight excluding hydrogens is 653 g/mol. The Morgan fingerprint density at radius 2 is 0.698 bits per heavy atom. The van der Waals surface area contributed by atoms with Gasteiger partial charge in [0.1, 0.15) is 0 Å². The predicted octanol–water partition coefficient (Wildman–Crippen LogP) is 11.5. The fourth-order valence-electron chi connectivity index (χ4n) is 8.83. The topological polar surface area (TPSA) is 0 Å². The summed E-state index contributed by atoms with van der Waals surface area (Å²) in [4.78, 5) is 0. The van der Waals surface area contributed by atoms with E-state index in [2.05, 4.69) is 212 Å². The third-order valence-corrected chi connectivity index (χ3v) is 16.1. The first-order chi connectivity index (χ1) is 26.3. The van der Waals surface area contributed by atoms with Gasteiger partial charge in [-0.15, -0.1) is 0 Å². The van der Waals surface area contributed by atoms with Crippen LogP contribution in [0.3, 0.4) is 0 Å². The van der Waals surface area contributed by atoms with Gasteiger partial charge in [-0.25, -0.2) is 0 Å². The zero-order valence-electron chi connectivity index (χ0n) is 29.1. The summed E-state index contributed by atoms with van der Waals surface area (Å²) in [6, 6.07) is 82.8. The van der Waals surface area contributed by atoms with Crippen LogP contribution in [0.5, 0.6) is 0 Å². The molecule has 53 heavy (non-hydrogen) atoms. The summed E-state index contributed by atoms with van der Waals surface area (Å²) >= 11 is 0. The third-order valence-electron chi connectivity index (χ3n) is 11.0. The average Bonchev–Trinajstić information content (AvgIpc) is 3.73. The number of hydrogen-bond acceptors (Lipinski definition) is 0. The minimum Gasteiger partial charge on any atom is -0.0696 e. The molecule has 2 aliphatic heterocycles. The maximum Gasteiger partial charge on any atom is 0.183 e. The number of benzene rings is 7. The van der Waals surface area contributed by atoms with Crippen LogP contribution in [0.2, 0.25) is 0 Å². The highest BCUT2D eigenvalue weighted by atomic mass is 28.3. The van der Waals surface area contributed by atoms with Crippen LogP contribution in [0.25, 0.3) is 54.9 Å². The average molecular weight is 687 g/mol. The second-order valence-corrected chi connectivity index (χ2v) is 17.4. The van der Waals surface area contributed by atoms with Crippen molar-refractivity contribution >= 4 is 40.0 Å². The maximum atomic E-state index is 3.61. The van der Waals surface area contributed by atoms with E-state index in [-0.39, 0.29) is 0 Å². The molecule has 10 rings (SSSR count). The highest BCUT2D eigenvalue weighted by molar-refractivity contribution is 7.31. The number of rotatable bonds is 6. The fraction of sp³-hybridized carbons (Fsp3) is 0. The van der Waals surface area contributed by atoms with Crippen molar-refractivity contribution in [2.75, 3.05) is 0 Å². The summed E-state index contributed by atoms with van der Waals surface area (Å²) in [5.41, 5.74) is 14.9. The molecule has 0 fully saturated rings. The van der Waals surface area contributed by atoms with E-state index in [1.165, 1.54) is 82.0 Å². The number of hydrogen-bond donors (Lipinski definition) is 0. The summed E-state index contributed by atoms with van der Waals surface area (Å²) in [5.74, 6) is 0. The van der Waals surface area contributed by atoms with Gasteiger partial charge in [-0.3, -0.25) is 0 Å². The highest BCUT2D eigenvalue weighted by Gasteiger charge is 2.57. The Morgan fingerprint density at radius 1 is 0.302 bits per heavy atom. The minimum atomic E-state index is -3.01. The van der Waals surface area contributed by atoms with Gasteiger partial charge in [-0.2, -0.15) is 0 Å². The molecule has 0 unspecified atom stereocenters. The van der Waals surface area contributed by atoms with Crippen molar-refractivity contribution in [3.8, 4) is 33.4 Å². The van der Waals surface area contributed by atoms with Gasteiger partial charge < -0.3 is 0 Å². The summed E-state index contributed by atoms with van der Waals surface area (Å²) < 4.78 is 0. The molecule has 1 heteroatoms. The van der Waals surface area contributed by atoms with Crippen molar-refractivity contribution < 1.29 is 0 Å². The number of fused-ring (bicyclic) bond motifs is 5. The van der Waals surface area contributed by atoms with Crippen LogP contribution >= 0.6 is 0 Å². The fourth-order valence-corrected chi connectivity index (χ4v) is 14.9. The highest BCUT2D eigenvalue weighted by Crippen LogP contribution is 2.57. The van der Waals surface area contributed by atoms with Gasteiger partial charge in [0.15, 0.2) is 8.07 Å². The molecule has 0 saturated carbocycles. The zero-order chi connectivity index (χ0) is 35.2. The van der Waals surface area contributed by atoms with Gasteiger partial charge in [-0.05, 0) is 94.1 Å². The van der Waals surface area contributed by atoms with E-state index in [4.69, 9.17) is 0 Å². The molecule has 0 aliphatic carbocycles. The monoisotopic (exact) mass is 686 g/mol. The van der Waals surface area contributed by atoms with Crippen LogP contribution in [-0.2, 0) is 0 Å².